The molecule has 1 aromatic carbocycles. The lowest BCUT2D eigenvalue weighted by atomic mass is 9.93. The van der Waals surface area contributed by atoms with E-state index in [1.54, 1.807) is 0 Å². The number of nitrogens with two attached hydrogens (primary N) is 1. The second kappa shape index (κ2) is 6.68. The molecule has 0 radical (unpaired) electrons. The van der Waals surface area contributed by atoms with Crippen LogP contribution >= 0.6 is 0 Å². The van der Waals surface area contributed by atoms with Crippen molar-refractivity contribution in [1.82, 2.24) is 4.90 Å². The fourth-order valence-corrected chi connectivity index (χ4v) is 2.70. The van der Waals surface area contributed by atoms with Crippen molar-refractivity contribution >= 4 is 5.91 Å². The predicted molar refractivity (Wildman–Crippen MR) is 74.5 cm³/mol. The van der Waals surface area contributed by atoms with Crippen molar-refractivity contribution in [1.29, 1.82) is 0 Å². The molecule has 0 aromatic heterocycles. The number of hydrogen-bond acceptors (Lipinski definition) is 3. The summed E-state index contributed by atoms with van der Waals surface area (Å²) in [6, 6.07) is 8.05. The van der Waals surface area contributed by atoms with Gasteiger partial charge in [0.2, 0.25) is 5.91 Å². The number of carbonyl (C=O) groups excluding carboxylic acids is 1. The van der Waals surface area contributed by atoms with Crippen LogP contribution in [-0.2, 0) is 17.8 Å². The first-order chi connectivity index (χ1) is 9.22. The number of amides is 1. The number of rotatable bonds is 6. The molecule has 4 nitrogen and oxygen atoms in total. The molecule has 1 atom stereocenters. The third-order valence-electron chi connectivity index (χ3n) is 3.78. The van der Waals surface area contributed by atoms with Crippen LogP contribution in [-0.4, -0.2) is 35.1 Å². The first kappa shape index (κ1) is 14.0. The Balaban J connectivity index is 2.02. The van der Waals surface area contributed by atoms with E-state index in [-0.39, 0.29) is 18.6 Å². The van der Waals surface area contributed by atoms with Crippen LogP contribution in [0.15, 0.2) is 24.3 Å². The van der Waals surface area contributed by atoms with Gasteiger partial charge in [0.15, 0.2) is 0 Å². The third kappa shape index (κ3) is 3.55. The molecular formula is C15H22N2O2. The second-order valence-electron chi connectivity index (χ2n) is 5.15. The average Bonchev–Trinajstić information content (AvgIpc) is 2.42. The Bertz CT molecular complexity index is 434. The summed E-state index contributed by atoms with van der Waals surface area (Å²) in [5.74, 6) is -0.239. The highest BCUT2D eigenvalue weighted by molar-refractivity contribution is 5.80. The van der Waals surface area contributed by atoms with Gasteiger partial charge in [-0.25, -0.2) is 0 Å². The normalized spacial score (nSPS) is 19.1. The smallest absolute Gasteiger partial charge is 0.235 e. The molecule has 1 aliphatic heterocycles. The standard InChI is InChI=1S/C15H22N2O2/c16-15(19)14-10-12-6-2-3-7-13(12)11-17(14)8-4-1-5-9-18/h2-3,6-7,14,18H,1,4-5,8-11H2,(H2,16,19)/t14-/m0/s1. The molecule has 3 N–H and O–H groups in total. The van der Waals surface area contributed by atoms with E-state index < -0.39 is 0 Å². The molecule has 0 bridgehead atoms. The summed E-state index contributed by atoms with van der Waals surface area (Å²) in [6.45, 7) is 1.90. The summed E-state index contributed by atoms with van der Waals surface area (Å²) in [7, 11) is 0. The van der Waals surface area contributed by atoms with E-state index in [4.69, 9.17) is 10.8 Å². The maximum Gasteiger partial charge on any atom is 0.235 e. The molecule has 104 valence electrons. The number of hydrogen-bond donors (Lipinski definition) is 2. The van der Waals surface area contributed by atoms with Gasteiger partial charge in [0, 0.05) is 13.2 Å². The molecule has 4 heteroatoms. The quantitative estimate of drug-likeness (QED) is 0.753. The third-order valence-corrected chi connectivity index (χ3v) is 3.78. The van der Waals surface area contributed by atoms with Gasteiger partial charge in [-0.15, -0.1) is 0 Å². The molecule has 19 heavy (non-hydrogen) atoms. The molecule has 0 unspecified atom stereocenters. The maximum absolute atomic E-state index is 11.6. The predicted octanol–water partition coefficient (Wildman–Crippen LogP) is 1.06. The minimum absolute atomic E-state index is 0.191. The maximum atomic E-state index is 11.6. The SMILES string of the molecule is NC(=O)[C@@H]1Cc2ccccc2CN1CCCCCO. The lowest BCUT2D eigenvalue weighted by molar-refractivity contribution is -0.123. The molecule has 2 rings (SSSR count). The highest BCUT2D eigenvalue weighted by atomic mass is 16.2. The molecule has 0 fully saturated rings. The van der Waals surface area contributed by atoms with Gasteiger partial charge in [0.05, 0.1) is 6.04 Å². The molecule has 1 heterocycles. The van der Waals surface area contributed by atoms with Gasteiger partial charge >= 0.3 is 0 Å². The number of unbranched alkanes of at least 4 members (excludes halogenated alkanes) is 2. The summed E-state index contributed by atoms with van der Waals surface area (Å²) in [4.78, 5) is 13.8. The Morgan fingerprint density at radius 1 is 1.26 bits per heavy atom. The van der Waals surface area contributed by atoms with E-state index in [1.807, 2.05) is 12.1 Å². The van der Waals surface area contributed by atoms with E-state index in [9.17, 15) is 4.79 Å². The lowest BCUT2D eigenvalue weighted by Gasteiger charge is -2.35. The first-order valence-electron chi connectivity index (χ1n) is 6.93. The van der Waals surface area contributed by atoms with Gasteiger partial charge in [-0.3, -0.25) is 9.69 Å². The minimum atomic E-state index is -0.239. The van der Waals surface area contributed by atoms with Crippen LogP contribution in [0.4, 0.5) is 0 Å². The molecule has 0 aliphatic carbocycles. The van der Waals surface area contributed by atoms with E-state index in [0.717, 1.165) is 32.4 Å². The fourth-order valence-electron chi connectivity index (χ4n) is 2.70. The summed E-state index contributed by atoms with van der Waals surface area (Å²) in [6.07, 6.45) is 3.52. The summed E-state index contributed by atoms with van der Waals surface area (Å²) in [5.41, 5.74) is 8.05. The van der Waals surface area contributed by atoms with Crippen LogP contribution < -0.4 is 5.73 Å². The average molecular weight is 262 g/mol. The Morgan fingerprint density at radius 2 is 2.00 bits per heavy atom. The number of aliphatic hydroxyl groups excluding tert-OH is 1. The largest absolute Gasteiger partial charge is 0.396 e. The van der Waals surface area contributed by atoms with Gasteiger partial charge in [-0.05, 0) is 43.4 Å². The van der Waals surface area contributed by atoms with Crippen molar-refractivity contribution in [2.24, 2.45) is 5.73 Å². The Labute approximate surface area is 114 Å². The number of nitrogens with zero attached hydrogens (tertiary/aromatic N) is 1. The van der Waals surface area contributed by atoms with E-state index in [2.05, 4.69) is 17.0 Å². The number of aliphatic hydroxyl groups is 1. The van der Waals surface area contributed by atoms with Crippen LogP contribution in [0.25, 0.3) is 0 Å². The van der Waals surface area contributed by atoms with Gasteiger partial charge in [-0.2, -0.15) is 0 Å². The van der Waals surface area contributed by atoms with E-state index in [1.165, 1.54) is 11.1 Å². The number of benzene rings is 1. The van der Waals surface area contributed by atoms with Crippen molar-refractivity contribution in [2.75, 3.05) is 13.2 Å². The second-order valence-corrected chi connectivity index (χ2v) is 5.15. The van der Waals surface area contributed by atoms with Gasteiger partial charge in [0.25, 0.3) is 0 Å². The molecule has 0 saturated heterocycles. The van der Waals surface area contributed by atoms with Crippen LogP contribution in [0.1, 0.15) is 30.4 Å². The summed E-state index contributed by atoms with van der Waals surface area (Å²) >= 11 is 0. The zero-order valence-electron chi connectivity index (χ0n) is 11.2. The minimum Gasteiger partial charge on any atom is -0.396 e. The molecular weight excluding hydrogens is 240 g/mol. The topological polar surface area (TPSA) is 66.6 Å². The van der Waals surface area contributed by atoms with Crippen molar-refractivity contribution < 1.29 is 9.90 Å². The van der Waals surface area contributed by atoms with Crippen LogP contribution in [0.5, 0.6) is 0 Å². The fraction of sp³-hybridized carbons (Fsp3) is 0.533. The monoisotopic (exact) mass is 262 g/mol. The highest BCUT2D eigenvalue weighted by Gasteiger charge is 2.29. The Morgan fingerprint density at radius 3 is 2.68 bits per heavy atom. The Kier molecular flexibility index (Phi) is 4.93. The zero-order chi connectivity index (χ0) is 13.7. The van der Waals surface area contributed by atoms with Gasteiger partial charge < -0.3 is 10.8 Å². The van der Waals surface area contributed by atoms with Crippen molar-refractivity contribution in [3.63, 3.8) is 0 Å². The molecule has 1 aromatic rings. The molecule has 0 spiro atoms. The number of primary amides is 1. The number of fused-ring (bicyclic) bond motifs is 1. The van der Waals surface area contributed by atoms with Crippen LogP contribution in [0.3, 0.4) is 0 Å². The summed E-state index contributed by atoms with van der Waals surface area (Å²) < 4.78 is 0. The summed E-state index contributed by atoms with van der Waals surface area (Å²) in [5, 5.41) is 8.79. The van der Waals surface area contributed by atoms with Crippen molar-refractivity contribution in [2.45, 2.75) is 38.3 Å². The van der Waals surface area contributed by atoms with E-state index >= 15 is 0 Å². The van der Waals surface area contributed by atoms with E-state index in [0.29, 0.717) is 6.42 Å². The zero-order valence-corrected chi connectivity index (χ0v) is 11.2. The highest BCUT2D eigenvalue weighted by Crippen LogP contribution is 2.23. The Hall–Kier alpha value is -1.39. The van der Waals surface area contributed by atoms with Crippen LogP contribution in [0.2, 0.25) is 0 Å². The van der Waals surface area contributed by atoms with Crippen molar-refractivity contribution in [3.8, 4) is 0 Å². The molecule has 0 saturated carbocycles. The van der Waals surface area contributed by atoms with Crippen molar-refractivity contribution in [3.05, 3.63) is 35.4 Å². The number of carbonyl (C=O) groups is 1. The lowest BCUT2D eigenvalue weighted by Crippen LogP contribution is -2.48. The van der Waals surface area contributed by atoms with Crippen LogP contribution in [0, 0.1) is 0 Å². The van der Waals surface area contributed by atoms with Gasteiger partial charge in [-0.1, -0.05) is 24.3 Å². The van der Waals surface area contributed by atoms with Gasteiger partial charge in [0.1, 0.15) is 0 Å². The first-order valence-corrected chi connectivity index (χ1v) is 6.93. The molecule has 1 amide bonds. The molecule has 1 aliphatic rings.